The van der Waals surface area contributed by atoms with Gasteiger partial charge in [-0.25, -0.2) is 4.79 Å². The molecule has 0 saturated carbocycles. The molecule has 0 fully saturated rings. The van der Waals surface area contributed by atoms with Crippen molar-refractivity contribution in [2.24, 2.45) is 0 Å². The van der Waals surface area contributed by atoms with Crippen molar-refractivity contribution in [3.05, 3.63) is 64.1 Å². The van der Waals surface area contributed by atoms with Crippen molar-refractivity contribution in [3.8, 4) is 5.75 Å². The van der Waals surface area contributed by atoms with Crippen molar-refractivity contribution in [1.82, 2.24) is 0 Å². The zero-order chi connectivity index (χ0) is 15.9. The maximum Gasteiger partial charge on any atom is 0.347 e. The van der Waals surface area contributed by atoms with E-state index in [0.717, 1.165) is 15.6 Å². The highest BCUT2D eigenvalue weighted by molar-refractivity contribution is 9.10. The summed E-state index contributed by atoms with van der Waals surface area (Å²) in [4.78, 5) is 12.1. The molecule has 0 aliphatic rings. The number of hydrogen-bond acceptors (Lipinski definition) is 3. The van der Waals surface area contributed by atoms with E-state index in [1.807, 2.05) is 55.5 Å². The molecule has 4 heteroatoms. The van der Waals surface area contributed by atoms with Gasteiger partial charge in [-0.3, -0.25) is 0 Å². The van der Waals surface area contributed by atoms with Gasteiger partial charge in [-0.1, -0.05) is 46.3 Å². The van der Waals surface area contributed by atoms with Gasteiger partial charge in [0.05, 0.1) is 6.61 Å². The first kappa shape index (κ1) is 16.6. The Hall–Kier alpha value is -1.81. The molecule has 0 aliphatic carbocycles. The second kappa shape index (κ2) is 7.99. The topological polar surface area (TPSA) is 35.5 Å². The van der Waals surface area contributed by atoms with E-state index in [0.29, 0.717) is 18.8 Å². The van der Waals surface area contributed by atoms with Crippen molar-refractivity contribution < 1.29 is 14.3 Å². The maximum absolute atomic E-state index is 12.1. The van der Waals surface area contributed by atoms with Crippen LogP contribution in [0, 0.1) is 6.92 Å². The highest BCUT2D eigenvalue weighted by Gasteiger charge is 2.22. The molecule has 2 aromatic rings. The molecule has 2 rings (SSSR count). The van der Waals surface area contributed by atoms with E-state index in [1.165, 1.54) is 0 Å². The van der Waals surface area contributed by atoms with Crippen LogP contribution < -0.4 is 4.74 Å². The van der Waals surface area contributed by atoms with E-state index in [2.05, 4.69) is 15.9 Å². The van der Waals surface area contributed by atoms with Crippen LogP contribution in [0.4, 0.5) is 0 Å². The Morgan fingerprint density at radius 3 is 2.55 bits per heavy atom. The van der Waals surface area contributed by atoms with Gasteiger partial charge in [0.15, 0.2) is 6.10 Å². The van der Waals surface area contributed by atoms with E-state index < -0.39 is 6.10 Å². The molecule has 22 heavy (non-hydrogen) atoms. The zero-order valence-corrected chi connectivity index (χ0v) is 14.3. The number of carbonyl (C=O) groups excluding carboxylic acids is 1. The van der Waals surface area contributed by atoms with Gasteiger partial charge in [0.1, 0.15) is 5.75 Å². The van der Waals surface area contributed by atoms with Crippen molar-refractivity contribution in [3.63, 3.8) is 0 Å². The molecular weight excluding hydrogens is 344 g/mol. The summed E-state index contributed by atoms with van der Waals surface area (Å²) in [6.07, 6.45) is -0.169. The Morgan fingerprint density at radius 1 is 1.18 bits per heavy atom. The molecule has 116 valence electrons. The van der Waals surface area contributed by atoms with Crippen molar-refractivity contribution >= 4 is 21.9 Å². The molecule has 0 bridgehead atoms. The molecule has 0 aromatic heterocycles. The molecule has 0 heterocycles. The number of rotatable bonds is 6. The fourth-order valence-electron chi connectivity index (χ4n) is 2.09. The second-order valence-corrected chi connectivity index (χ2v) is 5.81. The summed E-state index contributed by atoms with van der Waals surface area (Å²) < 4.78 is 12.0. The summed E-state index contributed by atoms with van der Waals surface area (Å²) in [6.45, 7) is 4.11. The van der Waals surface area contributed by atoms with Gasteiger partial charge in [-0.2, -0.15) is 0 Å². The number of esters is 1. The lowest BCUT2D eigenvalue weighted by Gasteiger charge is -2.18. The second-order valence-electron chi connectivity index (χ2n) is 4.96. The summed E-state index contributed by atoms with van der Waals surface area (Å²) in [5.41, 5.74) is 2.09. The van der Waals surface area contributed by atoms with Gasteiger partial charge in [0.2, 0.25) is 0 Å². The quantitative estimate of drug-likeness (QED) is 0.718. The number of carbonyl (C=O) groups is 1. The molecule has 0 aliphatic heterocycles. The van der Waals surface area contributed by atoms with Crippen LogP contribution in [0.3, 0.4) is 0 Å². The van der Waals surface area contributed by atoms with Gasteiger partial charge in [-0.15, -0.1) is 0 Å². The fraction of sp³-hybridized carbons (Fsp3) is 0.278. The Kier molecular flexibility index (Phi) is 6.01. The smallest absolute Gasteiger partial charge is 0.347 e. The average Bonchev–Trinajstić information content (AvgIpc) is 2.51. The zero-order valence-electron chi connectivity index (χ0n) is 12.7. The predicted molar refractivity (Wildman–Crippen MR) is 90.1 cm³/mol. The number of hydrogen-bond donors (Lipinski definition) is 0. The van der Waals surface area contributed by atoms with Crippen LogP contribution >= 0.6 is 15.9 Å². The Morgan fingerprint density at radius 2 is 1.91 bits per heavy atom. The highest BCUT2D eigenvalue weighted by Crippen LogP contribution is 2.23. The summed E-state index contributed by atoms with van der Waals surface area (Å²) in [5.74, 6) is 0.321. The molecule has 0 N–H and O–H groups in total. The molecule has 2 aromatic carbocycles. The van der Waals surface area contributed by atoms with Crippen LogP contribution in [0.15, 0.2) is 53.0 Å². The van der Waals surface area contributed by atoms with E-state index >= 15 is 0 Å². The molecular formula is C18H19BrO3. The summed E-state index contributed by atoms with van der Waals surface area (Å²) >= 11 is 3.46. The first-order valence-corrected chi connectivity index (χ1v) is 8.03. The Balaban J connectivity index is 2.16. The van der Waals surface area contributed by atoms with Crippen LogP contribution in [0.25, 0.3) is 0 Å². The molecule has 3 nitrogen and oxygen atoms in total. The van der Waals surface area contributed by atoms with Gasteiger partial charge >= 0.3 is 5.97 Å². The largest absolute Gasteiger partial charge is 0.478 e. The summed E-state index contributed by atoms with van der Waals surface area (Å²) in [6, 6.07) is 15.4. The minimum Gasteiger partial charge on any atom is -0.478 e. The van der Waals surface area contributed by atoms with Crippen LogP contribution in [0.1, 0.15) is 18.1 Å². The van der Waals surface area contributed by atoms with Crippen molar-refractivity contribution in [2.45, 2.75) is 26.4 Å². The third-order valence-corrected chi connectivity index (χ3v) is 4.11. The maximum atomic E-state index is 12.1. The molecule has 1 atom stereocenters. The highest BCUT2D eigenvalue weighted by atomic mass is 79.9. The van der Waals surface area contributed by atoms with Crippen LogP contribution in [0.2, 0.25) is 0 Å². The number of ether oxygens (including phenoxy) is 2. The van der Waals surface area contributed by atoms with E-state index in [9.17, 15) is 4.79 Å². The first-order chi connectivity index (χ1) is 10.6. The van der Waals surface area contributed by atoms with Gasteiger partial charge in [0, 0.05) is 10.9 Å². The lowest BCUT2D eigenvalue weighted by molar-refractivity contribution is -0.151. The number of benzene rings is 2. The van der Waals surface area contributed by atoms with E-state index in [4.69, 9.17) is 9.47 Å². The predicted octanol–water partition coefficient (Wildman–Crippen LogP) is 4.31. The van der Waals surface area contributed by atoms with E-state index in [1.54, 1.807) is 6.92 Å². The third kappa shape index (κ3) is 4.60. The first-order valence-electron chi connectivity index (χ1n) is 7.23. The normalized spacial score (nSPS) is 11.8. The number of aryl methyl sites for hydroxylation is 1. The fourth-order valence-corrected chi connectivity index (χ4v) is 2.34. The summed E-state index contributed by atoms with van der Waals surface area (Å²) in [5, 5.41) is 0. The minimum atomic E-state index is -0.650. The van der Waals surface area contributed by atoms with Crippen LogP contribution in [-0.4, -0.2) is 18.7 Å². The molecule has 0 saturated heterocycles. The SMILES string of the molecule is CCOC(=O)[C@H](Cc1ccccc1)Oc1ccc(Br)c(C)c1. The standard InChI is InChI=1S/C18H19BrO3/c1-3-21-18(20)17(12-14-7-5-4-6-8-14)22-15-9-10-16(19)13(2)11-15/h4-11,17H,3,12H2,1-2H3/t17-/m0/s1. The van der Waals surface area contributed by atoms with Crippen molar-refractivity contribution in [2.75, 3.05) is 6.61 Å². The molecule has 0 radical (unpaired) electrons. The lowest BCUT2D eigenvalue weighted by Crippen LogP contribution is -2.31. The molecule has 0 spiro atoms. The minimum absolute atomic E-state index is 0.340. The van der Waals surface area contributed by atoms with E-state index in [-0.39, 0.29) is 5.97 Å². The van der Waals surface area contributed by atoms with Gasteiger partial charge < -0.3 is 9.47 Å². The van der Waals surface area contributed by atoms with Crippen LogP contribution in [0.5, 0.6) is 5.75 Å². The average molecular weight is 363 g/mol. The summed E-state index contributed by atoms with van der Waals surface area (Å²) in [7, 11) is 0. The van der Waals surface area contributed by atoms with Gasteiger partial charge in [-0.05, 0) is 43.2 Å². The Bertz CT molecular complexity index is 625. The third-order valence-electron chi connectivity index (χ3n) is 3.22. The van der Waals surface area contributed by atoms with Crippen LogP contribution in [-0.2, 0) is 16.0 Å². The lowest BCUT2D eigenvalue weighted by atomic mass is 10.1. The van der Waals surface area contributed by atoms with Gasteiger partial charge in [0.25, 0.3) is 0 Å². The Labute approximate surface area is 139 Å². The molecule has 0 unspecified atom stereocenters. The van der Waals surface area contributed by atoms with Crippen molar-refractivity contribution in [1.29, 1.82) is 0 Å². The molecule has 0 amide bonds. The monoisotopic (exact) mass is 362 g/mol. The number of halogens is 1.